The Morgan fingerprint density at radius 3 is 2.54 bits per heavy atom. The van der Waals surface area contributed by atoms with Crippen LogP contribution in [0.15, 0.2) is 24.8 Å². The predicted octanol–water partition coefficient (Wildman–Crippen LogP) is 0.776. The van der Waals surface area contributed by atoms with Crippen molar-refractivity contribution in [2.24, 2.45) is 5.92 Å². The third kappa shape index (κ3) is 3.67. The number of allylic oxidation sites excluding steroid dienone is 2. The van der Waals surface area contributed by atoms with Gasteiger partial charge in [-0.2, -0.15) is 0 Å². The summed E-state index contributed by atoms with van der Waals surface area (Å²) in [6.45, 7) is 0.492. The largest absolute Gasteiger partial charge is 0.468 e. The first-order valence-corrected chi connectivity index (χ1v) is 7.26. The average molecular weight is 333 g/mol. The second-order valence-electron chi connectivity index (χ2n) is 4.85. The normalized spacial score (nSPS) is 11.2. The topological polar surface area (TPSA) is 108 Å². The lowest BCUT2D eigenvalue weighted by atomic mass is 10.1. The molecule has 2 rings (SSSR count). The molecular weight excluding hydrogens is 314 g/mol. The van der Waals surface area contributed by atoms with Gasteiger partial charge in [-0.05, 0) is 6.42 Å². The maximum Gasteiger partial charge on any atom is 0.320 e. The Kier molecular flexibility index (Phi) is 5.83. The first-order valence-electron chi connectivity index (χ1n) is 7.26. The van der Waals surface area contributed by atoms with Gasteiger partial charge in [-0.15, -0.1) is 0 Å². The number of esters is 2. The second-order valence-corrected chi connectivity index (χ2v) is 4.85. The third-order valence-electron chi connectivity index (χ3n) is 3.45. The summed E-state index contributed by atoms with van der Waals surface area (Å²) in [4.78, 5) is 35.8. The molecule has 0 bridgehead atoms. The minimum atomic E-state index is -0.964. The molecule has 0 saturated carbocycles. The zero-order chi connectivity index (χ0) is 17.5. The monoisotopic (exact) mass is 333 g/mol. The standard InChI is InChI=1S/C15H19N5O4/c1-16-12-11-13(18-8-17-12)20(9-19-11)7-5-4-6-10(14(21)23-2)15(22)24-3/h4-5,8-10H,6-7H2,1-3H3,(H,16,17,18)/b5-4-. The van der Waals surface area contributed by atoms with Gasteiger partial charge in [0.05, 0.1) is 20.5 Å². The highest BCUT2D eigenvalue weighted by molar-refractivity contribution is 5.94. The minimum absolute atomic E-state index is 0.197. The van der Waals surface area contributed by atoms with Gasteiger partial charge in [-0.3, -0.25) is 9.59 Å². The maximum absolute atomic E-state index is 11.6. The van der Waals surface area contributed by atoms with Crippen LogP contribution in [0, 0.1) is 5.92 Å². The first-order chi connectivity index (χ1) is 11.6. The number of hydrogen-bond acceptors (Lipinski definition) is 8. The van der Waals surface area contributed by atoms with Crippen LogP contribution in [0.4, 0.5) is 5.82 Å². The summed E-state index contributed by atoms with van der Waals surface area (Å²) in [7, 11) is 4.23. The van der Waals surface area contributed by atoms with Crippen LogP contribution in [-0.2, 0) is 25.6 Å². The van der Waals surface area contributed by atoms with Crippen molar-refractivity contribution in [2.75, 3.05) is 26.6 Å². The van der Waals surface area contributed by atoms with E-state index in [4.69, 9.17) is 0 Å². The van der Waals surface area contributed by atoms with Gasteiger partial charge in [-0.1, -0.05) is 12.2 Å². The molecule has 0 atom stereocenters. The zero-order valence-corrected chi connectivity index (χ0v) is 13.7. The quantitative estimate of drug-likeness (QED) is 0.450. The van der Waals surface area contributed by atoms with Crippen LogP contribution in [0.2, 0.25) is 0 Å². The van der Waals surface area contributed by atoms with Crippen LogP contribution >= 0.6 is 0 Å². The Morgan fingerprint density at radius 2 is 1.92 bits per heavy atom. The molecule has 2 heterocycles. The maximum atomic E-state index is 11.6. The number of rotatable bonds is 7. The van der Waals surface area contributed by atoms with Crippen LogP contribution in [-0.4, -0.2) is 52.7 Å². The van der Waals surface area contributed by atoms with E-state index in [-0.39, 0.29) is 6.42 Å². The molecule has 0 spiro atoms. The first kappa shape index (κ1) is 17.4. The molecule has 2 aromatic heterocycles. The van der Waals surface area contributed by atoms with E-state index >= 15 is 0 Å². The Hall–Kier alpha value is -2.97. The van der Waals surface area contributed by atoms with Crippen molar-refractivity contribution in [3.05, 3.63) is 24.8 Å². The van der Waals surface area contributed by atoms with Crippen LogP contribution in [0.3, 0.4) is 0 Å². The van der Waals surface area contributed by atoms with E-state index in [1.165, 1.54) is 20.5 Å². The molecule has 0 aromatic carbocycles. The van der Waals surface area contributed by atoms with Gasteiger partial charge < -0.3 is 19.4 Å². The van der Waals surface area contributed by atoms with Crippen LogP contribution in [0.5, 0.6) is 0 Å². The Morgan fingerprint density at radius 1 is 1.21 bits per heavy atom. The lowest BCUT2D eigenvalue weighted by molar-refractivity contribution is -0.158. The van der Waals surface area contributed by atoms with Crippen molar-refractivity contribution in [1.82, 2.24) is 19.5 Å². The number of fused-ring (bicyclic) bond motifs is 1. The van der Waals surface area contributed by atoms with Crippen LogP contribution < -0.4 is 5.32 Å². The fourth-order valence-electron chi connectivity index (χ4n) is 2.19. The highest BCUT2D eigenvalue weighted by Crippen LogP contribution is 2.16. The van der Waals surface area contributed by atoms with Crippen LogP contribution in [0.25, 0.3) is 11.2 Å². The molecule has 0 aliphatic rings. The fraction of sp³-hybridized carbons (Fsp3) is 0.400. The predicted molar refractivity (Wildman–Crippen MR) is 86.1 cm³/mol. The molecule has 0 aliphatic heterocycles. The minimum Gasteiger partial charge on any atom is -0.468 e. The number of hydrogen-bond donors (Lipinski definition) is 1. The fourth-order valence-corrected chi connectivity index (χ4v) is 2.19. The van der Waals surface area contributed by atoms with E-state index in [1.54, 1.807) is 19.5 Å². The summed E-state index contributed by atoms with van der Waals surface area (Å²) in [5.74, 6) is -1.55. The van der Waals surface area contributed by atoms with Gasteiger partial charge in [0.15, 0.2) is 17.4 Å². The van der Waals surface area contributed by atoms with Crippen molar-refractivity contribution in [3.63, 3.8) is 0 Å². The molecular formula is C15H19N5O4. The summed E-state index contributed by atoms with van der Waals surface area (Å²) < 4.78 is 11.1. The highest BCUT2D eigenvalue weighted by Gasteiger charge is 2.27. The van der Waals surface area contributed by atoms with E-state index in [0.717, 1.165) is 0 Å². The SMILES string of the molecule is CNc1ncnc2c1ncn2C/C=C\CC(C(=O)OC)C(=O)OC. The molecule has 128 valence electrons. The number of imidazole rings is 1. The van der Waals surface area contributed by atoms with Gasteiger partial charge in [-0.25, -0.2) is 15.0 Å². The number of methoxy groups -OCH3 is 2. The number of nitrogens with zero attached hydrogens (tertiary/aromatic N) is 4. The molecule has 2 aromatic rings. The summed E-state index contributed by atoms with van der Waals surface area (Å²) in [6, 6.07) is 0. The number of anilines is 1. The van der Waals surface area contributed by atoms with E-state index in [1.807, 2.05) is 10.6 Å². The van der Waals surface area contributed by atoms with Gasteiger partial charge >= 0.3 is 11.9 Å². The van der Waals surface area contributed by atoms with Crippen molar-refractivity contribution >= 4 is 28.9 Å². The Bertz CT molecular complexity index is 739. The zero-order valence-electron chi connectivity index (χ0n) is 13.7. The van der Waals surface area contributed by atoms with Crippen molar-refractivity contribution < 1.29 is 19.1 Å². The third-order valence-corrected chi connectivity index (χ3v) is 3.45. The molecule has 0 unspecified atom stereocenters. The van der Waals surface area contributed by atoms with E-state index in [2.05, 4.69) is 29.7 Å². The number of ether oxygens (including phenoxy) is 2. The van der Waals surface area contributed by atoms with Gasteiger partial charge in [0.1, 0.15) is 11.8 Å². The van der Waals surface area contributed by atoms with Gasteiger partial charge in [0, 0.05) is 13.6 Å². The van der Waals surface area contributed by atoms with Crippen LogP contribution in [0.1, 0.15) is 6.42 Å². The van der Waals surface area contributed by atoms with E-state index in [0.29, 0.717) is 23.5 Å². The average Bonchev–Trinajstić information content (AvgIpc) is 3.03. The van der Waals surface area contributed by atoms with Gasteiger partial charge in [0.25, 0.3) is 0 Å². The lowest BCUT2D eigenvalue weighted by Gasteiger charge is -2.09. The molecule has 0 aliphatic carbocycles. The number of carbonyl (C=O) groups excluding carboxylic acids is 2. The van der Waals surface area contributed by atoms with E-state index < -0.39 is 17.9 Å². The highest BCUT2D eigenvalue weighted by atomic mass is 16.5. The number of aromatic nitrogens is 4. The second kappa shape index (κ2) is 8.04. The lowest BCUT2D eigenvalue weighted by Crippen LogP contribution is -2.25. The van der Waals surface area contributed by atoms with Crippen molar-refractivity contribution in [3.8, 4) is 0 Å². The smallest absolute Gasteiger partial charge is 0.320 e. The van der Waals surface area contributed by atoms with Gasteiger partial charge in [0.2, 0.25) is 0 Å². The van der Waals surface area contributed by atoms with E-state index in [9.17, 15) is 9.59 Å². The summed E-state index contributed by atoms with van der Waals surface area (Å²) >= 11 is 0. The molecule has 0 radical (unpaired) electrons. The molecule has 0 amide bonds. The molecule has 24 heavy (non-hydrogen) atoms. The number of nitrogens with one attached hydrogen (secondary N) is 1. The summed E-state index contributed by atoms with van der Waals surface area (Å²) in [5, 5.41) is 2.96. The number of carbonyl (C=O) groups is 2. The Labute approximate surface area is 138 Å². The molecule has 9 heteroatoms. The van der Waals surface area contributed by atoms with Crippen molar-refractivity contribution in [2.45, 2.75) is 13.0 Å². The van der Waals surface area contributed by atoms with Crippen molar-refractivity contribution in [1.29, 1.82) is 0 Å². The molecule has 1 N–H and O–H groups in total. The molecule has 0 fully saturated rings. The molecule has 0 saturated heterocycles. The Balaban J connectivity index is 2.06. The molecule has 9 nitrogen and oxygen atoms in total. The summed E-state index contributed by atoms with van der Waals surface area (Å²) in [6.07, 6.45) is 6.86. The summed E-state index contributed by atoms with van der Waals surface area (Å²) in [5.41, 5.74) is 1.37.